The van der Waals surface area contributed by atoms with E-state index < -0.39 is 11.3 Å². The lowest BCUT2D eigenvalue weighted by Gasteiger charge is -2.38. The molecule has 1 spiro atoms. The number of amides is 3. The number of carbonyl (C=O) groups excluding carboxylic acids is 3. The first-order valence-electron chi connectivity index (χ1n) is 11.7. The summed E-state index contributed by atoms with van der Waals surface area (Å²) in [6.07, 6.45) is 7.66. The van der Waals surface area contributed by atoms with Crippen molar-refractivity contribution in [1.82, 2.24) is 25.4 Å². The number of aromatic amines is 2. The average molecular weight is 490 g/mol. The fourth-order valence-corrected chi connectivity index (χ4v) is 5.20. The molecule has 3 aromatic rings. The number of methoxy groups -OCH3 is 1. The van der Waals surface area contributed by atoms with Crippen LogP contribution in [0.3, 0.4) is 0 Å². The number of nitrogens with one attached hydrogen (secondary N) is 4. The van der Waals surface area contributed by atoms with Gasteiger partial charge < -0.3 is 24.8 Å². The molecule has 0 radical (unpaired) electrons. The molecule has 11 nitrogen and oxygen atoms in total. The molecule has 1 aromatic carbocycles. The summed E-state index contributed by atoms with van der Waals surface area (Å²) in [7, 11) is 1.60. The standard InChI is InChI=1S/C25H27N7O4/c1-36-20-12-17(2-3-18(20)16-13-29-30-14-16)32-11-7-25(24(32)35)5-9-31(10-6-25)23(34)19-4-8-27-21(19)22(33)28-15-26/h2-4,8,12-15,27H,5-7,9-11H2,1H3,(H,29,30)(H2,26,28,33). The molecule has 4 heterocycles. The van der Waals surface area contributed by atoms with E-state index in [1.165, 1.54) is 6.20 Å². The van der Waals surface area contributed by atoms with Gasteiger partial charge in [-0.1, -0.05) is 0 Å². The molecule has 0 bridgehead atoms. The molecule has 2 aliphatic heterocycles. The van der Waals surface area contributed by atoms with E-state index in [0.717, 1.165) is 29.6 Å². The molecule has 0 aliphatic carbocycles. The zero-order valence-corrected chi connectivity index (χ0v) is 19.8. The van der Waals surface area contributed by atoms with Gasteiger partial charge in [0.05, 0.1) is 30.6 Å². The van der Waals surface area contributed by atoms with Crippen LogP contribution in [0.1, 0.15) is 40.1 Å². The molecule has 3 amide bonds. The van der Waals surface area contributed by atoms with E-state index in [0.29, 0.717) is 38.2 Å². The van der Waals surface area contributed by atoms with E-state index in [4.69, 9.17) is 10.1 Å². The predicted octanol–water partition coefficient (Wildman–Crippen LogP) is 2.41. The van der Waals surface area contributed by atoms with Gasteiger partial charge in [0.1, 0.15) is 11.4 Å². The van der Waals surface area contributed by atoms with Crippen LogP contribution in [0.2, 0.25) is 0 Å². The first kappa shape index (κ1) is 23.3. The van der Waals surface area contributed by atoms with Crippen LogP contribution in [-0.4, -0.2) is 70.9 Å². The van der Waals surface area contributed by atoms with E-state index in [1.807, 2.05) is 23.1 Å². The Morgan fingerprint density at radius 3 is 2.67 bits per heavy atom. The lowest BCUT2D eigenvalue weighted by Crippen LogP contribution is -2.47. The Kier molecular flexibility index (Phi) is 6.05. The first-order valence-corrected chi connectivity index (χ1v) is 11.7. The number of benzene rings is 1. The topological polar surface area (TPSA) is 147 Å². The number of hydrogen-bond acceptors (Lipinski definition) is 6. The second-order valence-electron chi connectivity index (χ2n) is 9.04. The Morgan fingerprint density at radius 2 is 1.97 bits per heavy atom. The minimum atomic E-state index is -0.539. The van der Waals surface area contributed by atoms with Crippen molar-refractivity contribution in [2.24, 2.45) is 5.41 Å². The fraction of sp³-hybridized carbons (Fsp3) is 0.320. The molecule has 0 unspecified atom stereocenters. The number of nitrogens with zero attached hydrogens (tertiary/aromatic N) is 3. The molecule has 186 valence electrons. The van der Waals surface area contributed by atoms with E-state index in [2.05, 4.69) is 20.5 Å². The fourth-order valence-electron chi connectivity index (χ4n) is 5.20. The van der Waals surface area contributed by atoms with Gasteiger partial charge in [0.25, 0.3) is 11.8 Å². The number of ether oxygens (including phenoxy) is 1. The van der Waals surface area contributed by atoms with Gasteiger partial charge in [-0.15, -0.1) is 0 Å². The Labute approximate surface area is 207 Å². The summed E-state index contributed by atoms with van der Waals surface area (Å²) in [6.45, 7) is 1.46. The quantitative estimate of drug-likeness (QED) is 0.310. The van der Waals surface area contributed by atoms with Gasteiger partial charge in [0, 0.05) is 54.9 Å². The molecule has 4 N–H and O–H groups in total. The minimum absolute atomic E-state index is 0.0698. The largest absolute Gasteiger partial charge is 0.496 e. The maximum absolute atomic E-state index is 13.6. The normalized spacial score (nSPS) is 16.9. The van der Waals surface area contributed by atoms with Crippen molar-refractivity contribution in [3.05, 3.63) is 54.1 Å². The molecule has 0 saturated carbocycles. The van der Waals surface area contributed by atoms with Gasteiger partial charge in [0.15, 0.2) is 0 Å². The molecule has 2 saturated heterocycles. The number of anilines is 1. The Morgan fingerprint density at radius 1 is 1.19 bits per heavy atom. The number of piperidine rings is 1. The van der Waals surface area contributed by atoms with Crippen LogP contribution in [0.5, 0.6) is 5.75 Å². The summed E-state index contributed by atoms with van der Waals surface area (Å²) in [5.74, 6) is -0.0661. The zero-order chi connectivity index (χ0) is 25.3. The monoisotopic (exact) mass is 489 g/mol. The molecular formula is C25H27N7O4. The lowest BCUT2D eigenvalue weighted by atomic mass is 9.77. The summed E-state index contributed by atoms with van der Waals surface area (Å²) in [5.41, 5.74) is 2.45. The third-order valence-corrected chi connectivity index (χ3v) is 7.23. The summed E-state index contributed by atoms with van der Waals surface area (Å²) in [6, 6.07) is 7.30. The summed E-state index contributed by atoms with van der Waals surface area (Å²) < 4.78 is 5.59. The predicted molar refractivity (Wildman–Crippen MR) is 132 cm³/mol. The molecule has 36 heavy (non-hydrogen) atoms. The highest BCUT2D eigenvalue weighted by Crippen LogP contribution is 2.44. The van der Waals surface area contributed by atoms with Crippen LogP contribution in [0, 0.1) is 10.8 Å². The summed E-state index contributed by atoms with van der Waals surface area (Å²) in [5, 5.41) is 16.1. The van der Waals surface area contributed by atoms with Gasteiger partial charge in [-0.2, -0.15) is 5.10 Å². The van der Waals surface area contributed by atoms with Crippen molar-refractivity contribution in [2.75, 3.05) is 31.6 Å². The molecule has 0 atom stereocenters. The number of H-pyrrole nitrogens is 2. The smallest absolute Gasteiger partial charge is 0.273 e. The maximum atomic E-state index is 13.6. The number of carbonyl (C=O) groups is 3. The van der Waals surface area contributed by atoms with E-state index in [-0.39, 0.29) is 23.1 Å². The van der Waals surface area contributed by atoms with Gasteiger partial charge in [0.2, 0.25) is 5.91 Å². The van der Waals surface area contributed by atoms with Crippen molar-refractivity contribution in [3.63, 3.8) is 0 Å². The highest BCUT2D eigenvalue weighted by Gasteiger charge is 2.49. The minimum Gasteiger partial charge on any atom is -0.496 e. The maximum Gasteiger partial charge on any atom is 0.273 e. The van der Waals surface area contributed by atoms with Crippen molar-refractivity contribution < 1.29 is 19.1 Å². The first-order chi connectivity index (χ1) is 17.5. The number of rotatable bonds is 6. The Hall–Kier alpha value is -4.41. The molecule has 2 aromatic heterocycles. The Balaban J connectivity index is 1.29. The average Bonchev–Trinajstić information content (AvgIpc) is 3.66. The second-order valence-corrected chi connectivity index (χ2v) is 9.04. The molecule has 2 aliphatic rings. The van der Waals surface area contributed by atoms with Gasteiger partial charge in [-0.3, -0.25) is 24.9 Å². The molecule has 5 rings (SSSR count). The Bertz CT molecular complexity index is 1310. The van der Waals surface area contributed by atoms with Gasteiger partial charge >= 0.3 is 0 Å². The third-order valence-electron chi connectivity index (χ3n) is 7.23. The van der Waals surface area contributed by atoms with Crippen molar-refractivity contribution in [1.29, 1.82) is 5.41 Å². The highest BCUT2D eigenvalue weighted by atomic mass is 16.5. The van der Waals surface area contributed by atoms with Gasteiger partial charge in [-0.05, 0) is 37.5 Å². The molecule has 11 heteroatoms. The van der Waals surface area contributed by atoms with Crippen LogP contribution in [0.15, 0.2) is 42.9 Å². The highest BCUT2D eigenvalue weighted by molar-refractivity contribution is 6.08. The van der Waals surface area contributed by atoms with Crippen molar-refractivity contribution in [2.45, 2.75) is 19.3 Å². The number of aromatic nitrogens is 3. The van der Waals surface area contributed by atoms with E-state index in [1.54, 1.807) is 30.5 Å². The van der Waals surface area contributed by atoms with Crippen LogP contribution >= 0.6 is 0 Å². The zero-order valence-electron chi connectivity index (χ0n) is 19.8. The second kappa shape index (κ2) is 9.33. The number of hydrogen-bond donors (Lipinski definition) is 4. The van der Waals surface area contributed by atoms with Crippen LogP contribution < -0.4 is 15.0 Å². The van der Waals surface area contributed by atoms with Crippen LogP contribution in [0.25, 0.3) is 11.1 Å². The SMILES string of the molecule is COc1cc(N2CCC3(CCN(C(=O)c4cc[nH]c4C(=O)NC=N)CC3)C2=O)ccc1-c1cn[nH]c1. The van der Waals surface area contributed by atoms with Crippen molar-refractivity contribution in [3.8, 4) is 16.9 Å². The van der Waals surface area contributed by atoms with Crippen LogP contribution in [0.4, 0.5) is 5.69 Å². The van der Waals surface area contributed by atoms with Crippen molar-refractivity contribution >= 4 is 29.7 Å². The van der Waals surface area contributed by atoms with E-state index in [9.17, 15) is 14.4 Å². The summed E-state index contributed by atoms with van der Waals surface area (Å²) >= 11 is 0. The molecular weight excluding hydrogens is 462 g/mol. The summed E-state index contributed by atoms with van der Waals surface area (Å²) in [4.78, 5) is 45.1. The number of likely N-dealkylation sites (tertiary alicyclic amines) is 1. The van der Waals surface area contributed by atoms with Gasteiger partial charge in [-0.25, -0.2) is 0 Å². The lowest BCUT2D eigenvalue weighted by molar-refractivity contribution is -0.127. The third kappa shape index (κ3) is 3.92. The van der Waals surface area contributed by atoms with E-state index >= 15 is 0 Å². The van der Waals surface area contributed by atoms with Crippen LogP contribution in [-0.2, 0) is 4.79 Å². The molecule has 2 fully saturated rings.